The highest BCUT2D eigenvalue weighted by molar-refractivity contribution is 5.46. The molecule has 0 saturated heterocycles. The molecule has 8 nitrogen and oxygen atoms in total. The number of nitrogens with zero attached hydrogens (tertiary/aromatic N) is 6. The Bertz CT molecular complexity index is 584. The maximum absolute atomic E-state index is 5.62. The number of aromatic amines is 1. The van der Waals surface area contributed by atoms with Crippen molar-refractivity contribution in [2.45, 2.75) is 13.0 Å². The highest BCUT2D eigenvalue weighted by atomic mass is 16.5. The van der Waals surface area contributed by atoms with E-state index in [0.29, 0.717) is 11.7 Å². The maximum Gasteiger partial charge on any atom is 0.234 e. The zero-order chi connectivity index (χ0) is 11.7. The molecule has 1 unspecified atom stereocenters. The highest BCUT2D eigenvalue weighted by Gasteiger charge is 2.12. The van der Waals surface area contributed by atoms with Gasteiger partial charge in [0.05, 0.1) is 11.7 Å². The van der Waals surface area contributed by atoms with Gasteiger partial charge in [0.2, 0.25) is 5.88 Å². The van der Waals surface area contributed by atoms with Crippen LogP contribution in [0.1, 0.15) is 18.9 Å². The molecule has 1 atom stereocenters. The molecule has 0 aliphatic carbocycles. The van der Waals surface area contributed by atoms with Crippen molar-refractivity contribution in [3.8, 4) is 5.88 Å². The second kappa shape index (κ2) is 3.81. The third kappa shape index (κ3) is 1.80. The van der Waals surface area contributed by atoms with Crippen molar-refractivity contribution in [2.75, 3.05) is 0 Å². The smallest absolute Gasteiger partial charge is 0.234 e. The number of hydrogen-bond acceptors (Lipinski definition) is 6. The van der Waals surface area contributed by atoms with Crippen LogP contribution in [-0.4, -0.2) is 35.0 Å². The SMILES string of the molecule is CC(Oc1cc2cnncn2n1)c1ncn[nH]1. The third-order valence-corrected chi connectivity index (χ3v) is 2.28. The molecule has 1 N–H and O–H groups in total. The fourth-order valence-electron chi connectivity index (χ4n) is 1.45. The fraction of sp³-hybridized carbons (Fsp3) is 0.222. The molecule has 3 rings (SSSR count). The molecule has 17 heavy (non-hydrogen) atoms. The lowest BCUT2D eigenvalue weighted by Crippen LogP contribution is -2.05. The van der Waals surface area contributed by atoms with Crippen LogP contribution in [0.3, 0.4) is 0 Å². The summed E-state index contributed by atoms with van der Waals surface area (Å²) in [5, 5.41) is 18.2. The van der Waals surface area contributed by atoms with Crippen LogP contribution >= 0.6 is 0 Å². The molecule has 8 heteroatoms. The van der Waals surface area contributed by atoms with Gasteiger partial charge in [0.15, 0.2) is 11.9 Å². The van der Waals surface area contributed by atoms with Gasteiger partial charge < -0.3 is 4.74 Å². The van der Waals surface area contributed by atoms with Gasteiger partial charge in [-0.25, -0.2) is 9.50 Å². The first kappa shape index (κ1) is 9.70. The number of aromatic nitrogens is 7. The number of hydrogen-bond donors (Lipinski definition) is 1. The largest absolute Gasteiger partial charge is 0.465 e. The van der Waals surface area contributed by atoms with Gasteiger partial charge in [-0.15, -0.1) is 10.2 Å². The topological polar surface area (TPSA) is 93.9 Å². The minimum Gasteiger partial charge on any atom is -0.465 e. The van der Waals surface area contributed by atoms with E-state index in [0.717, 1.165) is 5.52 Å². The van der Waals surface area contributed by atoms with Crippen LogP contribution in [0.25, 0.3) is 5.52 Å². The Labute approximate surface area is 95.7 Å². The summed E-state index contributed by atoms with van der Waals surface area (Å²) in [5.74, 6) is 1.14. The normalized spacial score (nSPS) is 12.8. The summed E-state index contributed by atoms with van der Waals surface area (Å²) in [6.07, 6.45) is 4.32. The molecule has 86 valence electrons. The molecular formula is C9H9N7O. The molecule has 0 saturated carbocycles. The van der Waals surface area contributed by atoms with Crippen molar-refractivity contribution in [3.63, 3.8) is 0 Å². The lowest BCUT2D eigenvalue weighted by Gasteiger charge is -2.08. The van der Waals surface area contributed by atoms with Gasteiger partial charge in [-0.3, -0.25) is 5.10 Å². The third-order valence-electron chi connectivity index (χ3n) is 2.28. The lowest BCUT2D eigenvalue weighted by atomic mass is 10.4. The van der Waals surface area contributed by atoms with Crippen molar-refractivity contribution in [1.29, 1.82) is 0 Å². The van der Waals surface area contributed by atoms with E-state index in [1.54, 1.807) is 16.8 Å². The Morgan fingerprint density at radius 1 is 1.41 bits per heavy atom. The van der Waals surface area contributed by atoms with E-state index in [1.807, 2.05) is 6.92 Å². The van der Waals surface area contributed by atoms with Gasteiger partial charge in [-0.05, 0) is 6.92 Å². The summed E-state index contributed by atoms with van der Waals surface area (Å²) in [5.41, 5.74) is 0.819. The van der Waals surface area contributed by atoms with E-state index in [1.165, 1.54) is 12.7 Å². The molecule has 0 radical (unpaired) electrons. The summed E-state index contributed by atoms with van der Waals surface area (Å²) in [7, 11) is 0. The molecule has 0 spiro atoms. The number of H-pyrrole nitrogens is 1. The van der Waals surface area contributed by atoms with Crippen molar-refractivity contribution < 1.29 is 4.74 Å². The van der Waals surface area contributed by atoms with Crippen LogP contribution in [0.4, 0.5) is 0 Å². The summed E-state index contributed by atoms with van der Waals surface area (Å²) >= 11 is 0. The monoisotopic (exact) mass is 231 g/mol. The predicted molar refractivity (Wildman–Crippen MR) is 56.2 cm³/mol. The highest BCUT2D eigenvalue weighted by Crippen LogP contribution is 2.18. The number of ether oxygens (including phenoxy) is 1. The van der Waals surface area contributed by atoms with Crippen molar-refractivity contribution >= 4 is 5.52 Å². The Hall–Kier alpha value is -2.51. The van der Waals surface area contributed by atoms with Gasteiger partial charge in [0.25, 0.3) is 0 Å². The zero-order valence-corrected chi connectivity index (χ0v) is 8.98. The molecule has 0 aromatic carbocycles. The fourth-order valence-corrected chi connectivity index (χ4v) is 1.45. The van der Waals surface area contributed by atoms with Gasteiger partial charge in [-0.1, -0.05) is 0 Å². The van der Waals surface area contributed by atoms with E-state index in [4.69, 9.17) is 4.74 Å². The van der Waals surface area contributed by atoms with E-state index in [2.05, 4.69) is 30.5 Å². The minimum atomic E-state index is -0.247. The maximum atomic E-state index is 5.62. The van der Waals surface area contributed by atoms with Gasteiger partial charge in [-0.2, -0.15) is 10.2 Å². The van der Waals surface area contributed by atoms with Crippen LogP contribution in [0, 0.1) is 0 Å². The molecule has 3 aromatic heterocycles. The van der Waals surface area contributed by atoms with Crippen LogP contribution in [0.15, 0.2) is 24.9 Å². The summed E-state index contributed by atoms with van der Waals surface area (Å²) < 4.78 is 7.22. The second-order valence-corrected chi connectivity index (χ2v) is 3.46. The average molecular weight is 231 g/mol. The average Bonchev–Trinajstić information content (AvgIpc) is 2.97. The molecular weight excluding hydrogens is 222 g/mol. The van der Waals surface area contributed by atoms with Crippen LogP contribution in [-0.2, 0) is 0 Å². The first-order valence-electron chi connectivity index (χ1n) is 5.01. The van der Waals surface area contributed by atoms with Crippen LogP contribution in [0.5, 0.6) is 5.88 Å². The quantitative estimate of drug-likeness (QED) is 0.700. The Kier molecular flexibility index (Phi) is 2.18. The van der Waals surface area contributed by atoms with Gasteiger partial charge in [0.1, 0.15) is 12.7 Å². The number of rotatable bonds is 3. The Balaban J connectivity index is 1.85. The van der Waals surface area contributed by atoms with Crippen LogP contribution in [0.2, 0.25) is 0 Å². The number of nitrogens with one attached hydrogen (secondary N) is 1. The standard InChI is InChI=1S/C9H9N7O/c1-6(9-10-4-12-14-9)17-8-2-7-3-11-13-5-16(7)15-8/h2-6H,1H3,(H,10,12,14). The first-order chi connectivity index (χ1) is 8.33. The summed E-state index contributed by atoms with van der Waals surface area (Å²) in [4.78, 5) is 4.02. The lowest BCUT2D eigenvalue weighted by molar-refractivity contribution is 0.207. The van der Waals surface area contributed by atoms with E-state index < -0.39 is 0 Å². The second-order valence-electron chi connectivity index (χ2n) is 3.46. The van der Waals surface area contributed by atoms with Gasteiger partial charge >= 0.3 is 0 Å². The molecule has 0 amide bonds. The van der Waals surface area contributed by atoms with E-state index in [-0.39, 0.29) is 6.10 Å². The summed E-state index contributed by atoms with van der Waals surface area (Å²) in [6.45, 7) is 1.86. The Morgan fingerprint density at radius 3 is 3.12 bits per heavy atom. The molecule has 3 heterocycles. The van der Waals surface area contributed by atoms with Crippen molar-refractivity contribution in [2.24, 2.45) is 0 Å². The molecule has 3 aromatic rings. The molecule has 0 aliphatic heterocycles. The summed E-state index contributed by atoms with van der Waals surface area (Å²) in [6, 6.07) is 1.78. The van der Waals surface area contributed by atoms with Crippen LogP contribution < -0.4 is 4.74 Å². The molecule has 0 fully saturated rings. The molecule has 0 aliphatic rings. The number of fused-ring (bicyclic) bond motifs is 1. The minimum absolute atomic E-state index is 0.247. The molecule has 0 bridgehead atoms. The van der Waals surface area contributed by atoms with E-state index in [9.17, 15) is 0 Å². The zero-order valence-electron chi connectivity index (χ0n) is 8.98. The van der Waals surface area contributed by atoms with Crippen molar-refractivity contribution in [1.82, 2.24) is 35.0 Å². The van der Waals surface area contributed by atoms with Gasteiger partial charge in [0, 0.05) is 6.07 Å². The van der Waals surface area contributed by atoms with Crippen molar-refractivity contribution in [3.05, 3.63) is 30.7 Å². The first-order valence-corrected chi connectivity index (χ1v) is 5.01. The predicted octanol–water partition coefficient (Wildman–Crippen LogP) is 0.382. The Morgan fingerprint density at radius 2 is 2.35 bits per heavy atom. The van der Waals surface area contributed by atoms with E-state index >= 15 is 0 Å².